The van der Waals surface area contributed by atoms with Crippen molar-refractivity contribution in [3.63, 3.8) is 0 Å². The molecule has 0 atom stereocenters. The highest BCUT2D eigenvalue weighted by atomic mass is 16.1. The third kappa shape index (κ3) is 4.44. The first kappa shape index (κ1) is 16.7. The van der Waals surface area contributed by atoms with Crippen molar-refractivity contribution in [2.75, 3.05) is 10.6 Å². The Morgan fingerprint density at radius 1 is 1.00 bits per heavy atom. The van der Waals surface area contributed by atoms with Crippen molar-refractivity contribution in [1.82, 2.24) is 4.98 Å². The van der Waals surface area contributed by atoms with Gasteiger partial charge in [0.15, 0.2) is 0 Å². The molecule has 0 radical (unpaired) electrons. The van der Waals surface area contributed by atoms with Crippen molar-refractivity contribution >= 4 is 17.3 Å². The van der Waals surface area contributed by atoms with Crippen LogP contribution in [-0.4, -0.2) is 10.9 Å². The van der Waals surface area contributed by atoms with E-state index in [1.165, 1.54) is 11.1 Å². The standard InChI is InChI=1S/C21H21N3O/c1-15-6-5-8-17(12-15)14-23-18-10-11-22-20(13-18)21(25)24-19-9-4-3-7-16(19)2/h3-13H,14H2,1-2H3,(H,22,23)(H,24,25). The lowest BCUT2D eigenvalue weighted by Crippen LogP contribution is -2.14. The Morgan fingerprint density at radius 2 is 1.84 bits per heavy atom. The molecule has 0 aliphatic heterocycles. The van der Waals surface area contributed by atoms with E-state index in [0.29, 0.717) is 12.2 Å². The van der Waals surface area contributed by atoms with Gasteiger partial charge in [-0.2, -0.15) is 0 Å². The Kier molecular flexibility index (Phi) is 5.09. The van der Waals surface area contributed by atoms with Gasteiger partial charge in [0.25, 0.3) is 5.91 Å². The summed E-state index contributed by atoms with van der Waals surface area (Å²) in [5, 5.41) is 6.24. The van der Waals surface area contributed by atoms with Gasteiger partial charge in [-0.3, -0.25) is 9.78 Å². The summed E-state index contributed by atoms with van der Waals surface area (Å²) in [5.74, 6) is -0.214. The lowest BCUT2D eigenvalue weighted by Gasteiger charge is -2.10. The summed E-state index contributed by atoms with van der Waals surface area (Å²) in [7, 11) is 0. The third-order valence-corrected chi connectivity index (χ3v) is 3.96. The summed E-state index contributed by atoms with van der Waals surface area (Å²) in [6.07, 6.45) is 1.64. The molecule has 0 fully saturated rings. The van der Waals surface area contributed by atoms with Crippen LogP contribution < -0.4 is 10.6 Å². The third-order valence-electron chi connectivity index (χ3n) is 3.96. The van der Waals surface area contributed by atoms with Gasteiger partial charge in [0.2, 0.25) is 0 Å². The number of hydrogen-bond donors (Lipinski definition) is 2. The molecular weight excluding hydrogens is 310 g/mol. The average Bonchev–Trinajstić information content (AvgIpc) is 2.62. The minimum Gasteiger partial charge on any atom is -0.381 e. The van der Waals surface area contributed by atoms with E-state index in [4.69, 9.17) is 0 Å². The Morgan fingerprint density at radius 3 is 2.64 bits per heavy atom. The fourth-order valence-electron chi connectivity index (χ4n) is 2.59. The molecule has 1 amide bonds. The van der Waals surface area contributed by atoms with E-state index < -0.39 is 0 Å². The minimum absolute atomic E-state index is 0.214. The summed E-state index contributed by atoms with van der Waals surface area (Å²) in [6.45, 7) is 4.73. The first-order chi connectivity index (χ1) is 12.1. The van der Waals surface area contributed by atoms with Crippen molar-refractivity contribution in [2.24, 2.45) is 0 Å². The molecule has 1 aromatic heterocycles. The quantitative estimate of drug-likeness (QED) is 0.720. The largest absolute Gasteiger partial charge is 0.381 e. The summed E-state index contributed by atoms with van der Waals surface area (Å²) < 4.78 is 0. The maximum atomic E-state index is 12.4. The maximum absolute atomic E-state index is 12.4. The number of carbonyl (C=O) groups excluding carboxylic acids is 1. The lowest BCUT2D eigenvalue weighted by molar-refractivity contribution is 0.102. The summed E-state index contributed by atoms with van der Waals surface area (Å²) >= 11 is 0. The zero-order valence-electron chi connectivity index (χ0n) is 14.4. The number of carbonyl (C=O) groups is 1. The van der Waals surface area contributed by atoms with E-state index in [-0.39, 0.29) is 5.91 Å². The van der Waals surface area contributed by atoms with Gasteiger partial charge in [0, 0.05) is 24.1 Å². The van der Waals surface area contributed by atoms with Crippen LogP contribution in [0.2, 0.25) is 0 Å². The van der Waals surface area contributed by atoms with Gasteiger partial charge < -0.3 is 10.6 Å². The Hall–Kier alpha value is -3.14. The predicted octanol–water partition coefficient (Wildman–Crippen LogP) is 4.56. The summed E-state index contributed by atoms with van der Waals surface area (Å²) in [5.41, 5.74) is 5.50. The zero-order valence-corrected chi connectivity index (χ0v) is 14.4. The second kappa shape index (κ2) is 7.62. The molecule has 126 valence electrons. The molecular formula is C21H21N3O. The van der Waals surface area contributed by atoms with Gasteiger partial charge in [0.05, 0.1) is 0 Å². The molecule has 0 aliphatic rings. The van der Waals surface area contributed by atoms with Crippen LogP contribution in [0.1, 0.15) is 27.2 Å². The van der Waals surface area contributed by atoms with Gasteiger partial charge in [-0.15, -0.1) is 0 Å². The molecule has 0 spiro atoms. The van der Waals surface area contributed by atoms with Gasteiger partial charge in [0.1, 0.15) is 5.69 Å². The number of nitrogens with one attached hydrogen (secondary N) is 2. The number of aryl methyl sites for hydroxylation is 2. The molecule has 25 heavy (non-hydrogen) atoms. The second-order valence-corrected chi connectivity index (χ2v) is 6.04. The van der Waals surface area contributed by atoms with E-state index in [1.54, 1.807) is 12.3 Å². The number of benzene rings is 2. The highest BCUT2D eigenvalue weighted by Gasteiger charge is 2.09. The van der Waals surface area contributed by atoms with Crippen LogP contribution in [0.5, 0.6) is 0 Å². The molecule has 0 saturated heterocycles. The van der Waals surface area contributed by atoms with Crippen LogP contribution >= 0.6 is 0 Å². The van der Waals surface area contributed by atoms with E-state index >= 15 is 0 Å². The van der Waals surface area contributed by atoms with Crippen molar-refractivity contribution in [1.29, 1.82) is 0 Å². The molecule has 0 saturated carbocycles. The predicted molar refractivity (Wildman–Crippen MR) is 102 cm³/mol. The molecule has 2 N–H and O–H groups in total. The molecule has 2 aromatic carbocycles. The van der Waals surface area contributed by atoms with Crippen LogP contribution in [0.4, 0.5) is 11.4 Å². The van der Waals surface area contributed by atoms with Crippen molar-refractivity contribution < 1.29 is 4.79 Å². The average molecular weight is 331 g/mol. The number of nitrogens with zero attached hydrogens (tertiary/aromatic N) is 1. The molecule has 0 aliphatic carbocycles. The molecule has 4 nitrogen and oxygen atoms in total. The van der Waals surface area contributed by atoms with Gasteiger partial charge in [-0.05, 0) is 43.2 Å². The topological polar surface area (TPSA) is 54.0 Å². The smallest absolute Gasteiger partial charge is 0.274 e. The monoisotopic (exact) mass is 331 g/mol. The Balaban J connectivity index is 1.68. The van der Waals surface area contributed by atoms with Crippen LogP contribution in [0, 0.1) is 13.8 Å². The molecule has 3 aromatic rings. The number of amides is 1. The van der Waals surface area contributed by atoms with Crippen molar-refractivity contribution in [2.45, 2.75) is 20.4 Å². The highest BCUT2D eigenvalue weighted by Crippen LogP contribution is 2.16. The maximum Gasteiger partial charge on any atom is 0.274 e. The summed E-state index contributed by atoms with van der Waals surface area (Å²) in [4.78, 5) is 16.6. The first-order valence-corrected chi connectivity index (χ1v) is 8.24. The number of para-hydroxylation sites is 1. The van der Waals surface area contributed by atoms with E-state index in [9.17, 15) is 4.79 Å². The number of anilines is 2. The summed E-state index contributed by atoms with van der Waals surface area (Å²) in [6, 6.07) is 19.6. The zero-order chi connectivity index (χ0) is 17.6. The van der Waals surface area contributed by atoms with Gasteiger partial charge in [-0.25, -0.2) is 0 Å². The van der Waals surface area contributed by atoms with Crippen LogP contribution in [-0.2, 0) is 6.54 Å². The highest BCUT2D eigenvalue weighted by molar-refractivity contribution is 6.03. The molecule has 0 bridgehead atoms. The number of pyridine rings is 1. The number of hydrogen-bond acceptors (Lipinski definition) is 3. The Labute approximate surface area is 147 Å². The molecule has 1 heterocycles. The van der Waals surface area contributed by atoms with Crippen LogP contribution in [0.25, 0.3) is 0 Å². The normalized spacial score (nSPS) is 10.3. The van der Waals surface area contributed by atoms with Crippen LogP contribution in [0.3, 0.4) is 0 Å². The van der Waals surface area contributed by atoms with Gasteiger partial charge in [-0.1, -0.05) is 48.0 Å². The SMILES string of the molecule is Cc1cccc(CNc2ccnc(C(=O)Nc3ccccc3C)c2)c1. The van der Waals surface area contributed by atoms with Crippen molar-refractivity contribution in [3.05, 3.63) is 89.2 Å². The number of rotatable bonds is 5. The number of aromatic nitrogens is 1. The van der Waals surface area contributed by atoms with E-state index in [0.717, 1.165) is 16.9 Å². The lowest BCUT2D eigenvalue weighted by atomic mass is 10.1. The van der Waals surface area contributed by atoms with Crippen molar-refractivity contribution in [3.8, 4) is 0 Å². The van der Waals surface area contributed by atoms with E-state index in [1.807, 2.05) is 43.3 Å². The first-order valence-electron chi connectivity index (χ1n) is 8.24. The van der Waals surface area contributed by atoms with E-state index in [2.05, 4.69) is 40.7 Å². The second-order valence-electron chi connectivity index (χ2n) is 6.04. The van der Waals surface area contributed by atoms with Gasteiger partial charge >= 0.3 is 0 Å². The fraction of sp³-hybridized carbons (Fsp3) is 0.143. The molecule has 4 heteroatoms. The molecule has 0 unspecified atom stereocenters. The fourth-order valence-corrected chi connectivity index (χ4v) is 2.59. The Bertz CT molecular complexity index is 890. The molecule has 3 rings (SSSR count). The minimum atomic E-state index is -0.214. The van der Waals surface area contributed by atoms with Crippen LogP contribution in [0.15, 0.2) is 66.9 Å².